The highest BCUT2D eigenvalue weighted by Crippen LogP contribution is 2.37. The number of hydrogen-bond acceptors (Lipinski definition) is 6. The van der Waals surface area contributed by atoms with Crippen molar-refractivity contribution in [3.8, 4) is 17.0 Å². The van der Waals surface area contributed by atoms with Gasteiger partial charge in [0.1, 0.15) is 16.5 Å². The van der Waals surface area contributed by atoms with Crippen molar-refractivity contribution in [2.45, 2.75) is 27.9 Å². The van der Waals surface area contributed by atoms with Gasteiger partial charge in [-0.2, -0.15) is 13.2 Å². The van der Waals surface area contributed by atoms with Crippen LogP contribution in [0.5, 0.6) is 5.75 Å². The van der Waals surface area contributed by atoms with Crippen LogP contribution in [0.2, 0.25) is 0 Å². The monoisotopic (exact) mass is 437 g/mol. The minimum atomic E-state index is -4.36. The molecule has 0 saturated carbocycles. The van der Waals surface area contributed by atoms with Crippen molar-refractivity contribution < 1.29 is 17.9 Å². The molecule has 3 aromatic rings. The SMILES string of the molecule is CCNSc1cc(-c2nccnc2Sc2ccc(C(F)(F)F)cc2)ccc1OC. The van der Waals surface area contributed by atoms with E-state index in [1.165, 1.54) is 35.8 Å². The first-order chi connectivity index (χ1) is 13.9. The molecule has 1 aromatic heterocycles. The van der Waals surface area contributed by atoms with Gasteiger partial charge < -0.3 is 4.74 Å². The van der Waals surface area contributed by atoms with E-state index in [0.717, 1.165) is 34.9 Å². The summed E-state index contributed by atoms with van der Waals surface area (Å²) in [6.07, 6.45) is -1.20. The Morgan fingerprint density at radius 3 is 2.41 bits per heavy atom. The zero-order chi connectivity index (χ0) is 20.9. The summed E-state index contributed by atoms with van der Waals surface area (Å²) in [7, 11) is 1.61. The maximum absolute atomic E-state index is 12.8. The molecule has 0 fully saturated rings. The van der Waals surface area contributed by atoms with Crippen LogP contribution in [0.15, 0.2) is 69.7 Å². The predicted molar refractivity (Wildman–Crippen MR) is 109 cm³/mol. The number of hydrogen-bond donors (Lipinski definition) is 1. The lowest BCUT2D eigenvalue weighted by molar-refractivity contribution is -0.137. The quantitative estimate of drug-likeness (QED) is 0.462. The number of benzene rings is 2. The molecule has 0 aliphatic rings. The molecule has 9 heteroatoms. The van der Waals surface area contributed by atoms with Crippen molar-refractivity contribution in [3.05, 3.63) is 60.4 Å². The van der Waals surface area contributed by atoms with Gasteiger partial charge in [-0.05, 0) is 54.4 Å². The average molecular weight is 438 g/mol. The highest BCUT2D eigenvalue weighted by atomic mass is 32.2. The van der Waals surface area contributed by atoms with E-state index in [4.69, 9.17) is 4.74 Å². The summed E-state index contributed by atoms with van der Waals surface area (Å²) in [5.74, 6) is 0.737. The van der Waals surface area contributed by atoms with Crippen LogP contribution < -0.4 is 9.46 Å². The molecule has 1 N–H and O–H groups in total. The van der Waals surface area contributed by atoms with E-state index in [1.54, 1.807) is 19.5 Å². The lowest BCUT2D eigenvalue weighted by Gasteiger charge is -2.12. The van der Waals surface area contributed by atoms with Crippen molar-refractivity contribution >= 4 is 23.7 Å². The van der Waals surface area contributed by atoms with E-state index in [-0.39, 0.29) is 0 Å². The van der Waals surface area contributed by atoms with Gasteiger partial charge in [0.15, 0.2) is 0 Å². The molecule has 4 nitrogen and oxygen atoms in total. The smallest absolute Gasteiger partial charge is 0.416 e. The maximum Gasteiger partial charge on any atom is 0.416 e. The molecule has 0 unspecified atom stereocenters. The zero-order valence-corrected chi connectivity index (χ0v) is 17.3. The van der Waals surface area contributed by atoms with E-state index < -0.39 is 11.7 Å². The fourth-order valence-electron chi connectivity index (χ4n) is 2.48. The molecular weight excluding hydrogens is 419 g/mol. The zero-order valence-electron chi connectivity index (χ0n) is 15.7. The normalized spacial score (nSPS) is 11.5. The van der Waals surface area contributed by atoms with E-state index in [2.05, 4.69) is 14.7 Å². The van der Waals surface area contributed by atoms with Crippen molar-refractivity contribution in [1.82, 2.24) is 14.7 Å². The highest BCUT2D eigenvalue weighted by Gasteiger charge is 2.30. The first-order valence-corrected chi connectivity index (χ1v) is 10.3. The molecule has 1 heterocycles. The van der Waals surface area contributed by atoms with Crippen LogP contribution in [0, 0.1) is 0 Å². The van der Waals surface area contributed by atoms with Gasteiger partial charge in [-0.25, -0.2) is 4.98 Å². The Labute approximate surface area is 175 Å². The van der Waals surface area contributed by atoms with Gasteiger partial charge in [0.25, 0.3) is 0 Å². The summed E-state index contributed by atoms with van der Waals surface area (Å²) in [4.78, 5) is 10.4. The number of ether oxygens (including phenoxy) is 1. The largest absolute Gasteiger partial charge is 0.496 e. The number of halogens is 3. The van der Waals surface area contributed by atoms with E-state index in [0.29, 0.717) is 15.6 Å². The molecule has 2 aromatic carbocycles. The molecule has 0 aliphatic heterocycles. The summed E-state index contributed by atoms with van der Waals surface area (Å²) in [6.45, 7) is 2.79. The second kappa shape index (κ2) is 9.51. The summed E-state index contributed by atoms with van der Waals surface area (Å²) in [5.41, 5.74) is 0.813. The molecule has 29 heavy (non-hydrogen) atoms. The summed E-state index contributed by atoms with van der Waals surface area (Å²) < 4.78 is 46.9. The van der Waals surface area contributed by atoms with E-state index in [9.17, 15) is 13.2 Å². The van der Waals surface area contributed by atoms with Crippen LogP contribution in [-0.2, 0) is 6.18 Å². The molecule has 0 bridgehead atoms. The predicted octanol–water partition coefficient (Wildman–Crippen LogP) is 5.94. The standard InChI is InChI=1S/C20H18F3N3OS2/c1-3-26-29-17-12-13(4-9-16(17)27-2)18-19(25-11-10-24-18)28-15-7-5-14(6-8-15)20(21,22)23/h4-12,26H,3H2,1-2H3. The van der Waals surface area contributed by atoms with Gasteiger partial charge in [-0.3, -0.25) is 9.71 Å². The topological polar surface area (TPSA) is 47.0 Å². The summed E-state index contributed by atoms with van der Waals surface area (Å²) in [5, 5.41) is 0.608. The molecule has 152 valence electrons. The fourth-order valence-corrected chi connectivity index (χ4v) is 4.09. The van der Waals surface area contributed by atoms with Gasteiger partial charge in [-0.1, -0.05) is 18.7 Å². The Balaban J connectivity index is 1.91. The number of aromatic nitrogens is 2. The Morgan fingerprint density at radius 1 is 1.03 bits per heavy atom. The highest BCUT2D eigenvalue weighted by molar-refractivity contribution is 7.99. The van der Waals surface area contributed by atoms with Crippen LogP contribution >= 0.6 is 23.7 Å². The van der Waals surface area contributed by atoms with Crippen LogP contribution in [0.3, 0.4) is 0 Å². The van der Waals surface area contributed by atoms with Crippen LogP contribution in [0.1, 0.15) is 12.5 Å². The number of rotatable bonds is 7. The molecule has 3 rings (SSSR count). The second-order valence-electron chi connectivity index (χ2n) is 5.80. The van der Waals surface area contributed by atoms with E-state index in [1.807, 2.05) is 25.1 Å². The minimum absolute atomic E-state index is 0.608. The first-order valence-electron chi connectivity index (χ1n) is 8.66. The number of methoxy groups -OCH3 is 1. The van der Waals surface area contributed by atoms with Gasteiger partial charge in [0.05, 0.1) is 17.6 Å². The third-order valence-electron chi connectivity index (χ3n) is 3.82. The Kier molecular flexibility index (Phi) is 7.05. The van der Waals surface area contributed by atoms with E-state index >= 15 is 0 Å². The van der Waals surface area contributed by atoms with Crippen molar-refractivity contribution in [2.75, 3.05) is 13.7 Å². The van der Waals surface area contributed by atoms with Crippen LogP contribution in [0.25, 0.3) is 11.3 Å². The Morgan fingerprint density at radius 2 is 1.76 bits per heavy atom. The van der Waals surface area contributed by atoms with Crippen LogP contribution in [-0.4, -0.2) is 23.6 Å². The number of nitrogens with zero attached hydrogens (tertiary/aromatic N) is 2. The molecule has 0 radical (unpaired) electrons. The average Bonchev–Trinajstić information content (AvgIpc) is 2.72. The minimum Gasteiger partial charge on any atom is -0.496 e. The van der Waals surface area contributed by atoms with Gasteiger partial charge in [0.2, 0.25) is 0 Å². The Bertz CT molecular complexity index is 966. The second-order valence-corrected chi connectivity index (χ2v) is 7.79. The lowest BCUT2D eigenvalue weighted by atomic mass is 10.1. The Hall–Kier alpha value is -2.23. The molecule has 0 amide bonds. The molecular formula is C20H18F3N3OS2. The third-order valence-corrected chi connectivity index (χ3v) is 5.80. The van der Waals surface area contributed by atoms with Crippen molar-refractivity contribution in [1.29, 1.82) is 0 Å². The molecule has 0 spiro atoms. The molecule has 0 atom stereocenters. The number of nitrogens with one attached hydrogen (secondary N) is 1. The summed E-state index contributed by atoms with van der Waals surface area (Å²) >= 11 is 2.73. The van der Waals surface area contributed by atoms with Gasteiger partial charge >= 0.3 is 6.18 Å². The lowest BCUT2D eigenvalue weighted by Crippen LogP contribution is -2.03. The first kappa shape index (κ1) is 21.5. The van der Waals surface area contributed by atoms with Gasteiger partial charge in [-0.15, -0.1) is 0 Å². The molecule has 0 saturated heterocycles. The van der Waals surface area contributed by atoms with Crippen molar-refractivity contribution in [2.24, 2.45) is 0 Å². The van der Waals surface area contributed by atoms with Crippen LogP contribution in [0.4, 0.5) is 13.2 Å². The number of alkyl halides is 3. The fraction of sp³-hybridized carbons (Fsp3) is 0.200. The molecule has 0 aliphatic carbocycles. The maximum atomic E-state index is 12.8. The third kappa shape index (κ3) is 5.43. The van der Waals surface area contributed by atoms with Crippen molar-refractivity contribution in [3.63, 3.8) is 0 Å². The van der Waals surface area contributed by atoms with Gasteiger partial charge in [0, 0.05) is 29.4 Å². The summed E-state index contributed by atoms with van der Waals surface area (Å²) in [6, 6.07) is 10.7.